The molecule has 0 aliphatic carbocycles. The summed E-state index contributed by atoms with van der Waals surface area (Å²) in [6.07, 6.45) is 0. The van der Waals surface area contributed by atoms with Crippen LogP contribution >= 0.6 is 0 Å². The molecule has 3 N–H and O–H groups in total. The number of carbonyl (C=O) groups is 1. The number of carbonyl (C=O) groups excluding carboxylic acids is 1. The summed E-state index contributed by atoms with van der Waals surface area (Å²) in [5.74, 6) is -0.314. The van der Waals surface area contributed by atoms with Crippen LogP contribution in [0.3, 0.4) is 0 Å². The molecule has 0 fully saturated rings. The fourth-order valence-corrected chi connectivity index (χ4v) is 2.41. The maximum atomic E-state index is 12.1. The topological polar surface area (TPSA) is 108 Å². The lowest BCUT2D eigenvalue weighted by Gasteiger charge is -2.14. The van der Waals surface area contributed by atoms with E-state index in [-0.39, 0.29) is 22.3 Å². The number of benzene rings is 1. The van der Waals surface area contributed by atoms with E-state index in [0.717, 1.165) is 0 Å². The van der Waals surface area contributed by atoms with Crippen LogP contribution in [-0.2, 0) is 14.8 Å². The molecule has 1 atom stereocenters. The summed E-state index contributed by atoms with van der Waals surface area (Å²) in [5.41, 5.74) is 0.183. The first-order valence-corrected chi connectivity index (χ1v) is 7.93. The molecule has 1 rings (SSSR count). The third-order valence-corrected chi connectivity index (χ3v) is 3.61. The zero-order chi connectivity index (χ0) is 16.0. The van der Waals surface area contributed by atoms with Crippen molar-refractivity contribution in [2.24, 2.45) is 5.14 Å². The van der Waals surface area contributed by atoms with E-state index in [1.807, 2.05) is 6.92 Å². The van der Waals surface area contributed by atoms with Crippen molar-refractivity contribution >= 4 is 15.9 Å². The van der Waals surface area contributed by atoms with E-state index in [4.69, 9.17) is 14.6 Å². The van der Waals surface area contributed by atoms with Crippen molar-refractivity contribution < 1.29 is 22.7 Å². The smallest absolute Gasteiger partial charge is 0.251 e. The predicted molar refractivity (Wildman–Crippen MR) is 77.8 cm³/mol. The number of methoxy groups -OCH3 is 1. The Morgan fingerprint density at radius 3 is 2.62 bits per heavy atom. The fraction of sp³-hybridized carbons (Fsp3) is 0.462. The van der Waals surface area contributed by atoms with E-state index < -0.39 is 15.9 Å². The van der Waals surface area contributed by atoms with E-state index in [9.17, 15) is 13.2 Å². The molecular formula is C13H20N2O5S. The van der Waals surface area contributed by atoms with Crippen LogP contribution in [-0.4, -0.2) is 40.7 Å². The van der Waals surface area contributed by atoms with Gasteiger partial charge in [-0.15, -0.1) is 0 Å². The normalized spacial score (nSPS) is 12.8. The second-order valence-corrected chi connectivity index (χ2v) is 5.97. The molecule has 118 valence electrons. The first-order valence-electron chi connectivity index (χ1n) is 6.39. The Hall–Kier alpha value is -1.64. The summed E-state index contributed by atoms with van der Waals surface area (Å²) in [6.45, 7) is 4.58. The Bertz CT molecular complexity index is 601. The first-order chi connectivity index (χ1) is 9.79. The molecule has 0 bridgehead atoms. The minimum absolute atomic E-state index is 0.0939. The fourth-order valence-electron chi connectivity index (χ4n) is 1.68. The lowest BCUT2D eigenvalue weighted by molar-refractivity contribution is 0.0871. The van der Waals surface area contributed by atoms with Crippen molar-refractivity contribution in [1.29, 1.82) is 0 Å². The molecule has 0 aliphatic heterocycles. The first kappa shape index (κ1) is 17.4. The molecule has 0 aliphatic rings. The monoisotopic (exact) mass is 316 g/mol. The van der Waals surface area contributed by atoms with Crippen LogP contribution in [0.4, 0.5) is 0 Å². The highest BCUT2D eigenvalue weighted by Gasteiger charge is 2.18. The molecule has 0 heterocycles. The van der Waals surface area contributed by atoms with Crippen molar-refractivity contribution in [2.45, 2.75) is 24.8 Å². The minimum Gasteiger partial charge on any atom is -0.495 e. The predicted octanol–water partition coefficient (Wildman–Crippen LogP) is 0.497. The molecule has 7 nitrogen and oxygen atoms in total. The van der Waals surface area contributed by atoms with Crippen molar-refractivity contribution in [1.82, 2.24) is 5.32 Å². The van der Waals surface area contributed by atoms with E-state index >= 15 is 0 Å². The van der Waals surface area contributed by atoms with E-state index in [1.165, 1.54) is 25.3 Å². The van der Waals surface area contributed by atoms with Gasteiger partial charge in [0.05, 0.1) is 13.7 Å². The summed E-state index contributed by atoms with van der Waals surface area (Å²) in [4.78, 5) is 11.8. The van der Waals surface area contributed by atoms with Gasteiger partial charge >= 0.3 is 0 Å². The number of hydrogen-bond acceptors (Lipinski definition) is 5. The van der Waals surface area contributed by atoms with Crippen LogP contribution in [0.25, 0.3) is 0 Å². The van der Waals surface area contributed by atoms with Gasteiger partial charge in [-0.05, 0) is 32.0 Å². The van der Waals surface area contributed by atoms with Gasteiger partial charge in [-0.1, -0.05) is 0 Å². The average Bonchev–Trinajstić information content (AvgIpc) is 2.43. The highest BCUT2D eigenvalue weighted by Crippen LogP contribution is 2.23. The third-order valence-electron chi connectivity index (χ3n) is 2.68. The number of rotatable bonds is 7. The molecule has 0 spiro atoms. The lowest BCUT2D eigenvalue weighted by atomic mass is 10.2. The Kier molecular flexibility index (Phi) is 6.13. The Labute approximate surface area is 124 Å². The molecule has 1 unspecified atom stereocenters. The molecule has 1 amide bonds. The maximum absolute atomic E-state index is 12.1. The summed E-state index contributed by atoms with van der Waals surface area (Å²) in [7, 11) is -2.65. The summed E-state index contributed by atoms with van der Waals surface area (Å²) < 4.78 is 33.1. The van der Waals surface area contributed by atoms with E-state index in [0.29, 0.717) is 13.2 Å². The van der Waals surface area contributed by atoms with Crippen LogP contribution in [0, 0.1) is 0 Å². The van der Waals surface area contributed by atoms with E-state index in [2.05, 4.69) is 5.32 Å². The van der Waals surface area contributed by atoms with Crippen molar-refractivity contribution in [3.05, 3.63) is 23.8 Å². The maximum Gasteiger partial charge on any atom is 0.251 e. The summed E-state index contributed by atoms with van der Waals surface area (Å²) >= 11 is 0. The molecule has 0 radical (unpaired) electrons. The Balaban J connectivity index is 2.96. The van der Waals surface area contributed by atoms with Crippen molar-refractivity contribution in [2.75, 3.05) is 20.3 Å². The van der Waals surface area contributed by atoms with Gasteiger partial charge < -0.3 is 14.8 Å². The van der Waals surface area contributed by atoms with Crippen LogP contribution in [0.1, 0.15) is 24.2 Å². The minimum atomic E-state index is -3.97. The average molecular weight is 316 g/mol. The van der Waals surface area contributed by atoms with Crippen LogP contribution in [0.5, 0.6) is 5.75 Å². The molecule has 0 aromatic heterocycles. The van der Waals surface area contributed by atoms with Crippen molar-refractivity contribution in [3.8, 4) is 5.75 Å². The summed E-state index contributed by atoms with van der Waals surface area (Å²) in [5, 5.41) is 7.82. The van der Waals surface area contributed by atoms with Crippen LogP contribution < -0.4 is 15.2 Å². The number of sulfonamides is 1. The van der Waals surface area contributed by atoms with Gasteiger partial charge in [0, 0.05) is 18.2 Å². The molecule has 1 aromatic rings. The van der Waals surface area contributed by atoms with Gasteiger partial charge in [0.1, 0.15) is 10.6 Å². The standard InChI is InChI=1S/C13H20N2O5S/c1-4-20-8-9(2)15-13(16)10-5-6-11(19-3)12(7-10)21(14,17)18/h5-7,9H,4,8H2,1-3H3,(H,15,16)(H2,14,17,18). The van der Waals surface area contributed by atoms with Gasteiger partial charge in [0.25, 0.3) is 5.91 Å². The molecule has 8 heteroatoms. The van der Waals surface area contributed by atoms with Crippen LogP contribution in [0.2, 0.25) is 0 Å². The van der Waals surface area contributed by atoms with Gasteiger partial charge in [0.2, 0.25) is 10.0 Å². The second-order valence-electron chi connectivity index (χ2n) is 4.44. The van der Waals surface area contributed by atoms with E-state index in [1.54, 1.807) is 6.92 Å². The number of hydrogen-bond donors (Lipinski definition) is 2. The summed E-state index contributed by atoms with van der Waals surface area (Å²) in [6, 6.07) is 3.85. The lowest BCUT2D eigenvalue weighted by Crippen LogP contribution is -2.36. The van der Waals surface area contributed by atoms with Gasteiger partial charge in [-0.3, -0.25) is 4.79 Å². The number of nitrogens with two attached hydrogens (primary N) is 1. The molecule has 21 heavy (non-hydrogen) atoms. The molecule has 0 saturated heterocycles. The zero-order valence-corrected chi connectivity index (χ0v) is 13.1. The highest BCUT2D eigenvalue weighted by molar-refractivity contribution is 7.89. The van der Waals surface area contributed by atoms with Gasteiger partial charge in [0.15, 0.2) is 0 Å². The molecule has 0 saturated carbocycles. The van der Waals surface area contributed by atoms with Gasteiger partial charge in [-0.25, -0.2) is 13.6 Å². The number of primary sulfonamides is 1. The Morgan fingerprint density at radius 1 is 1.43 bits per heavy atom. The second kappa shape index (κ2) is 7.39. The Morgan fingerprint density at radius 2 is 2.10 bits per heavy atom. The molecular weight excluding hydrogens is 296 g/mol. The zero-order valence-electron chi connectivity index (χ0n) is 12.3. The van der Waals surface area contributed by atoms with Gasteiger partial charge in [-0.2, -0.15) is 0 Å². The number of ether oxygens (including phenoxy) is 2. The highest BCUT2D eigenvalue weighted by atomic mass is 32.2. The molecule has 1 aromatic carbocycles. The quantitative estimate of drug-likeness (QED) is 0.761. The largest absolute Gasteiger partial charge is 0.495 e. The number of nitrogens with one attached hydrogen (secondary N) is 1. The van der Waals surface area contributed by atoms with Crippen molar-refractivity contribution in [3.63, 3.8) is 0 Å². The third kappa shape index (κ3) is 5.00. The number of amides is 1. The SMILES string of the molecule is CCOCC(C)NC(=O)c1ccc(OC)c(S(N)(=O)=O)c1. The van der Waals surface area contributed by atoms with Crippen LogP contribution in [0.15, 0.2) is 23.1 Å².